The molecular weight excluding hydrogens is 402 g/mol. The van der Waals surface area contributed by atoms with E-state index in [1.54, 1.807) is 22.4 Å². The van der Waals surface area contributed by atoms with E-state index in [1.807, 2.05) is 60.7 Å². The third-order valence-electron chi connectivity index (χ3n) is 5.35. The summed E-state index contributed by atoms with van der Waals surface area (Å²) in [5, 5.41) is 2.67. The van der Waals surface area contributed by atoms with Crippen LogP contribution in [0.25, 0.3) is 21.0 Å². The van der Waals surface area contributed by atoms with Gasteiger partial charge >= 0.3 is 0 Å². The lowest BCUT2D eigenvalue weighted by Crippen LogP contribution is -2.30. The van der Waals surface area contributed by atoms with E-state index >= 15 is 0 Å². The lowest BCUT2D eigenvalue weighted by atomic mass is 10.0. The molecule has 31 heavy (non-hydrogen) atoms. The second kappa shape index (κ2) is 7.93. The van der Waals surface area contributed by atoms with Crippen molar-refractivity contribution in [1.82, 2.24) is 9.97 Å². The van der Waals surface area contributed by atoms with Gasteiger partial charge in [-0.15, -0.1) is 0 Å². The second-order valence-corrected chi connectivity index (χ2v) is 8.64. The first-order valence-electron chi connectivity index (χ1n) is 10.2. The summed E-state index contributed by atoms with van der Waals surface area (Å²) in [7, 11) is 0. The number of anilines is 1. The molecule has 2 heterocycles. The predicted molar refractivity (Wildman–Crippen MR) is 128 cm³/mol. The molecule has 0 aliphatic carbocycles. The molecule has 0 aliphatic heterocycles. The van der Waals surface area contributed by atoms with E-state index in [-0.39, 0.29) is 5.91 Å². The number of thiazole rings is 1. The molecule has 0 bridgehead atoms. The van der Waals surface area contributed by atoms with Gasteiger partial charge in [-0.25, -0.2) is 4.98 Å². The Bertz CT molecular complexity index is 1400. The van der Waals surface area contributed by atoms with Crippen molar-refractivity contribution in [3.8, 4) is 0 Å². The number of rotatable bonds is 4. The highest BCUT2D eigenvalue weighted by Gasteiger charge is 2.24. The number of fused-ring (bicyclic) bond motifs is 2. The molecule has 0 unspecified atom stereocenters. The van der Waals surface area contributed by atoms with Crippen LogP contribution >= 0.6 is 11.3 Å². The van der Waals surface area contributed by atoms with Gasteiger partial charge in [0.2, 0.25) is 0 Å². The fourth-order valence-electron chi connectivity index (χ4n) is 3.92. The molecule has 3 aromatic carbocycles. The van der Waals surface area contributed by atoms with E-state index in [9.17, 15) is 4.79 Å². The minimum atomic E-state index is -0.0733. The summed E-state index contributed by atoms with van der Waals surface area (Å²) in [6, 6.07) is 23.8. The third-order valence-corrected chi connectivity index (χ3v) is 6.58. The molecule has 0 spiro atoms. The number of amides is 1. The summed E-state index contributed by atoms with van der Waals surface area (Å²) in [6.45, 7) is 4.52. The summed E-state index contributed by atoms with van der Waals surface area (Å²) in [4.78, 5) is 24.9. The number of pyridine rings is 1. The number of aromatic nitrogens is 2. The molecule has 0 fully saturated rings. The zero-order valence-corrected chi connectivity index (χ0v) is 18.2. The highest BCUT2D eigenvalue weighted by atomic mass is 32.1. The standard InChI is InChI=1S/C26H21N3OS/c1-17-14-18(2)24-23(15-17)28-26(31-24)29(16-20-10-5-6-13-27-20)25(30)22-12-7-9-19-8-3-4-11-21(19)22/h3-15H,16H2,1-2H3. The van der Waals surface area contributed by atoms with Crippen molar-refractivity contribution >= 4 is 43.4 Å². The van der Waals surface area contributed by atoms with E-state index in [0.29, 0.717) is 17.2 Å². The molecule has 0 saturated heterocycles. The van der Waals surface area contributed by atoms with Crippen molar-refractivity contribution in [2.45, 2.75) is 20.4 Å². The number of hydrogen-bond donors (Lipinski definition) is 0. The maximum absolute atomic E-state index is 13.9. The molecule has 1 amide bonds. The highest BCUT2D eigenvalue weighted by Crippen LogP contribution is 2.34. The molecule has 0 saturated carbocycles. The van der Waals surface area contributed by atoms with E-state index in [0.717, 1.165) is 26.7 Å². The summed E-state index contributed by atoms with van der Waals surface area (Å²) < 4.78 is 1.11. The maximum Gasteiger partial charge on any atom is 0.261 e. The van der Waals surface area contributed by atoms with Gasteiger partial charge in [-0.3, -0.25) is 14.7 Å². The van der Waals surface area contributed by atoms with Gasteiger partial charge in [-0.05, 0) is 60.0 Å². The monoisotopic (exact) mass is 423 g/mol. The molecule has 0 atom stereocenters. The number of carbonyl (C=O) groups is 1. The van der Waals surface area contributed by atoms with Gasteiger partial charge in [0.1, 0.15) is 0 Å². The maximum atomic E-state index is 13.9. The van der Waals surface area contributed by atoms with Crippen LogP contribution < -0.4 is 4.90 Å². The van der Waals surface area contributed by atoms with Crippen LogP contribution in [0.2, 0.25) is 0 Å². The number of nitrogens with zero attached hydrogens (tertiary/aromatic N) is 3. The molecule has 0 radical (unpaired) electrons. The smallest absolute Gasteiger partial charge is 0.261 e. The van der Waals surface area contributed by atoms with Crippen molar-refractivity contribution in [3.63, 3.8) is 0 Å². The Labute approximate surface area is 184 Å². The number of carbonyl (C=O) groups excluding carboxylic acids is 1. The van der Waals surface area contributed by atoms with Crippen molar-refractivity contribution in [1.29, 1.82) is 0 Å². The molecule has 5 aromatic rings. The van der Waals surface area contributed by atoms with E-state index in [4.69, 9.17) is 4.98 Å². The van der Waals surface area contributed by atoms with Gasteiger partial charge in [-0.2, -0.15) is 0 Å². The van der Waals surface area contributed by atoms with Crippen molar-refractivity contribution < 1.29 is 4.79 Å². The van der Waals surface area contributed by atoms with Gasteiger partial charge in [0.15, 0.2) is 5.13 Å². The Morgan fingerprint density at radius 2 is 1.77 bits per heavy atom. The topological polar surface area (TPSA) is 46.1 Å². The van der Waals surface area contributed by atoms with Crippen molar-refractivity contribution in [2.75, 3.05) is 4.90 Å². The average molecular weight is 424 g/mol. The zero-order chi connectivity index (χ0) is 21.4. The van der Waals surface area contributed by atoms with Crippen molar-refractivity contribution in [2.24, 2.45) is 0 Å². The molecule has 5 heteroatoms. The van der Waals surface area contributed by atoms with Gasteiger partial charge in [0.05, 0.1) is 22.5 Å². The summed E-state index contributed by atoms with van der Waals surface area (Å²) in [5.41, 5.74) is 4.76. The zero-order valence-electron chi connectivity index (χ0n) is 17.4. The van der Waals surface area contributed by atoms with E-state index in [1.165, 1.54) is 11.1 Å². The molecule has 4 nitrogen and oxygen atoms in total. The van der Waals surface area contributed by atoms with Gasteiger partial charge in [0, 0.05) is 11.8 Å². The lowest BCUT2D eigenvalue weighted by molar-refractivity contribution is 0.0986. The van der Waals surface area contributed by atoms with Crippen LogP contribution in [-0.2, 0) is 6.54 Å². The Kier molecular flexibility index (Phi) is 4.96. The lowest BCUT2D eigenvalue weighted by Gasteiger charge is -2.20. The summed E-state index contributed by atoms with van der Waals surface area (Å²) in [5.74, 6) is -0.0733. The van der Waals surface area contributed by atoms with Gasteiger partial charge < -0.3 is 0 Å². The number of hydrogen-bond acceptors (Lipinski definition) is 4. The highest BCUT2D eigenvalue weighted by molar-refractivity contribution is 7.22. The Morgan fingerprint density at radius 3 is 2.61 bits per heavy atom. The van der Waals surface area contributed by atoms with Crippen LogP contribution in [0, 0.1) is 13.8 Å². The molecule has 2 aromatic heterocycles. The predicted octanol–water partition coefficient (Wildman–Crippen LogP) is 6.31. The van der Waals surface area contributed by atoms with E-state index < -0.39 is 0 Å². The van der Waals surface area contributed by atoms with Gasteiger partial charge in [0.25, 0.3) is 5.91 Å². The fourth-order valence-corrected chi connectivity index (χ4v) is 4.93. The Balaban J connectivity index is 1.65. The van der Waals surface area contributed by atoms with Gasteiger partial charge in [-0.1, -0.05) is 59.9 Å². The molecule has 0 aliphatic rings. The Hall–Kier alpha value is -3.57. The second-order valence-electron chi connectivity index (χ2n) is 7.67. The first-order valence-corrected chi connectivity index (χ1v) is 11.0. The van der Waals surface area contributed by atoms with E-state index in [2.05, 4.69) is 31.0 Å². The number of benzene rings is 3. The van der Waals surface area contributed by atoms with Crippen LogP contribution in [0.1, 0.15) is 27.2 Å². The minimum absolute atomic E-state index is 0.0733. The van der Waals surface area contributed by atoms with Crippen LogP contribution in [0.5, 0.6) is 0 Å². The van der Waals surface area contributed by atoms with Crippen LogP contribution in [-0.4, -0.2) is 15.9 Å². The SMILES string of the molecule is Cc1cc(C)c2sc(N(Cc3ccccn3)C(=O)c3cccc4ccccc34)nc2c1. The quantitative estimate of drug-likeness (QED) is 0.340. The van der Waals surface area contributed by atoms with Crippen molar-refractivity contribution in [3.05, 3.63) is 101 Å². The first kappa shape index (κ1) is 19.4. The first-order chi connectivity index (χ1) is 15.1. The molecular formula is C26H21N3OS. The molecule has 0 N–H and O–H groups in total. The van der Waals surface area contributed by atoms with Crippen LogP contribution in [0.3, 0.4) is 0 Å². The summed E-state index contributed by atoms with van der Waals surface area (Å²) in [6.07, 6.45) is 1.75. The Morgan fingerprint density at radius 1 is 0.968 bits per heavy atom. The molecule has 152 valence electrons. The van der Waals surface area contributed by atoms with Crippen LogP contribution in [0.4, 0.5) is 5.13 Å². The third kappa shape index (κ3) is 3.68. The normalized spacial score (nSPS) is 11.2. The summed E-state index contributed by atoms with van der Waals surface area (Å²) >= 11 is 1.55. The number of aryl methyl sites for hydroxylation is 2. The minimum Gasteiger partial charge on any atom is -0.278 e. The van der Waals surface area contributed by atoms with Crippen LogP contribution in [0.15, 0.2) is 79.0 Å². The molecule has 5 rings (SSSR count). The largest absolute Gasteiger partial charge is 0.278 e. The average Bonchev–Trinajstić information content (AvgIpc) is 3.21. The fraction of sp³-hybridized carbons (Fsp3) is 0.115.